The number of piperidine rings is 1. The SMILES string of the molecule is CC1(C)C2CCC1(CO)NC2. The van der Waals surface area contributed by atoms with Crippen molar-refractivity contribution in [2.24, 2.45) is 11.3 Å². The molecule has 0 aromatic heterocycles. The standard InChI is InChI=1S/C9H17NO/c1-8(2)7-3-4-9(8,6-11)10-5-7/h7,10-11H,3-6H2,1-2H3. The van der Waals surface area contributed by atoms with Crippen LogP contribution in [0, 0.1) is 11.3 Å². The van der Waals surface area contributed by atoms with Crippen LogP contribution in [-0.4, -0.2) is 23.8 Å². The van der Waals surface area contributed by atoms with Crippen molar-refractivity contribution in [1.29, 1.82) is 0 Å². The van der Waals surface area contributed by atoms with Crippen LogP contribution in [-0.2, 0) is 0 Å². The Labute approximate surface area is 68.0 Å². The van der Waals surface area contributed by atoms with Gasteiger partial charge in [-0.2, -0.15) is 0 Å². The van der Waals surface area contributed by atoms with Gasteiger partial charge in [0.2, 0.25) is 0 Å². The molecular weight excluding hydrogens is 138 g/mol. The van der Waals surface area contributed by atoms with Crippen molar-refractivity contribution >= 4 is 0 Å². The zero-order valence-corrected chi connectivity index (χ0v) is 7.35. The van der Waals surface area contributed by atoms with Crippen molar-refractivity contribution in [3.63, 3.8) is 0 Å². The average Bonchev–Trinajstić information content (AvgIpc) is 2.39. The van der Waals surface area contributed by atoms with Crippen molar-refractivity contribution in [2.75, 3.05) is 13.2 Å². The Kier molecular flexibility index (Phi) is 1.37. The minimum absolute atomic E-state index is 0.0532. The molecule has 64 valence electrons. The van der Waals surface area contributed by atoms with Gasteiger partial charge in [-0.15, -0.1) is 0 Å². The largest absolute Gasteiger partial charge is 0.394 e. The number of nitrogens with one attached hydrogen (secondary N) is 1. The molecule has 0 aromatic carbocycles. The predicted octanol–water partition coefficient (Wildman–Crippen LogP) is 0.757. The van der Waals surface area contributed by atoms with Gasteiger partial charge in [-0.1, -0.05) is 13.8 Å². The van der Waals surface area contributed by atoms with E-state index in [1.54, 1.807) is 0 Å². The highest BCUT2D eigenvalue weighted by Crippen LogP contribution is 2.53. The molecule has 0 aromatic rings. The number of aliphatic hydroxyl groups is 1. The van der Waals surface area contributed by atoms with Gasteiger partial charge in [-0.3, -0.25) is 0 Å². The fourth-order valence-corrected chi connectivity index (χ4v) is 2.83. The maximum atomic E-state index is 9.32. The number of fused-ring (bicyclic) bond motifs is 2. The quantitative estimate of drug-likeness (QED) is 0.586. The topological polar surface area (TPSA) is 32.3 Å². The third kappa shape index (κ3) is 0.695. The van der Waals surface area contributed by atoms with Gasteiger partial charge < -0.3 is 10.4 Å². The van der Waals surface area contributed by atoms with Gasteiger partial charge in [0.1, 0.15) is 0 Å². The molecule has 2 N–H and O–H groups in total. The zero-order valence-electron chi connectivity index (χ0n) is 7.35. The van der Waals surface area contributed by atoms with Gasteiger partial charge in [-0.25, -0.2) is 0 Å². The normalized spacial score (nSPS) is 46.6. The van der Waals surface area contributed by atoms with E-state index >= 15 is 0 Å². The number of aliphatic hydroxyl groups excluding tert-OH is 1. The molecular formula is C9H17NO. The van der Waals surface area contributed by atoms with Crippen LogP contribution in [0.2, 0.25) is 0 Å². The van der Waals surface area contributed by atoms with Gasteiger partial charge in [0.05, 0.1) is 6.61 Å². The van der Waals surface area contributed by atoms with Crippen LogP contribution in [0.1, 0.15) is 26.7 Å². The van der Waals surface area contributed by atoms with Gasteiger partial charge in [0.15, 0.2) is 0 Å². The Morgan fingerprint density at radius 3 is 2.45 bits per heavy atom. The first-order chi connectivity index (χ1) is 5.12. The Morgan fingerprint density at radius 2 is 2.27 bits per heavy atom. The molecule has 2 atom stereocenters. The lowest BCUT2D eigenvalue weighted by molar-refractivity contribution is 0.103. The van der Waals surface area contributed by atoms with Crippen LogP contribution in [0.4, 0.5) is 0 Å². The Hall–Kier alpha value is -0.0800. The monoisotopic (exact) mass is 155 g/mol. The maximum absolute atomic E-state index is 9.32. The molecule has 11 heavy (non-hydrogen) atoms. The minimum atomic E-state index is 0.0532. The smallest absolute Gasteiger partial charge is 0.0618 e. The molecule has 0 spiro atoms. The first kappa shape index (κ1) is 7.56. The number of rotatable bonds is 1. The summed E-state index contributed by atoms with van der Waals surface area (Å²) in [4.78, 5) is 0. The van der Waals surface area contributed by atoms with Crippen LogP contribution in [0.5, 0.6) is 0 Å². The molecule has 0 amide bonds. The van der Waals surface area contributed by atoms with Crippen LogP contribution in [0.25, 0.3) is 0 Å². The highest BCUT2D eigenvalue weighted by atomic mass is 16.3. The molecule has 1 saturated heterocycles. The van der Waals surface area contributed by atoms with E-state index in [0.29, 0.717) is 12.0 Å². The Balaban J connectivity index is 2.34. The van der Waals surface area contributed by atoms with Gasteiger partial charge in [0, 0.05) is 5.54 Å². The van der Waals surface area contributed by atoms with Crippen molar-refractivity contribution in [3.8, 4) is 0 Å². The highest BCUT2D eigenvalue weighted by Gasteiger charge is 2.58. The van der Waals surface area contributed by atoms with Gasteiger partial charge >= 0.3 is 0 Å². The highest BCUT2D eigenvalue weighted by molar-refractivity contribution is 5.14. The van der Waals surface area contributed by atoms with Crippen molar-refractivity contribution in [3.05, 3.63) is 0 Å². The molecule has 1 aliphatic carbocycles. The predicted molar refractivity (Wildman–Crippen MR) is 44.3 cm³/mol. The summed E-state index contributed by atoms with van der Waals surface area (Å²) < 4.78 is 0. The second-order valence-corrected chi connectivity index (χ2v) is 4.58. The molecule has 2 rings (SSSR count). The van der Waals surface area contributed by atoms with E-state index in [1.165, 1.54) is 6.42 Å². The minimum Gasteiger partial charge on any atom is -0.394 e. The number of hydrogen-bond acceptors (Lipinski definition) is 2. The third-order valence-corrected chi connectivity index (χ3v) is 4.13. The van der Waals surface area contributed by atoms with E-state index in [2.05, 4.69) is 19.2 Å². The van der Waals surface area contributed by atoms with E-state index in [-0.39, 0.29) is 5.54 Å². The van der Waals surface area contributed by atoms with Crippen molar-refractivity contribution < 1.29 is 5.11 Å². The molecule has 2 heteroatoms. The lowest BCUT2D eigenvalue weighted by atomic mass is 9.74. The third-order valence-electron chi connectivity index (χ3n) is 4.13. The molecule has 2 nitrogen and oxygen atoms in total. The molecule has 2 unspecified atom stereocenters. The molecule has 1 saturated carbocycles. The molecule has 0 radical (unpaired) electrons. The summed E-state index contributed by atoms with van der Waals surface area (Å²) >= 11 is 0. The van der Waals surface area contributed by atoms with E-state index in [0.717, 1.165) is 18.9 Å². The molecule has 2 bridgehead atoms. The zero-order chi connectivity index (χ0) is 8.11. The van der Waals surface area contributed by atoms with Crippen molar-refractivity contribution in [1.82, 2.24) is 5.32 Å². The van der Waals surface area contributed by atoms with Crippen molar-refractivity contribution in [2.45, 2.75) is 32.2 Å². The summed E-state index contributed by atoms with van der Waals surface area (Å²) in [5.41, 5.74) is 0.361. The maximum Gasteiger partial charge on any atom is 0.0618 e. The Bertz CT molecular complexity index is 168. The summed E-state index contributed by atoms with van der Waals surface area (Å²) in [6.45, 7) is 5.96. The lowest BCUT2D eigenvalue weighted by Gasteiger charge is -2.36. The summed E-state index contributed by atoms with van der Waals surface area (Å²) in [6, 6.07) is 0. The lowest BCUT2D eigenvalue weighted by Crippen LogP contribution is -2.50. The van der Waals surface area contributed by atoms with E-state index in [9.17, 15) is 5.11 Å². The van der Waals surface area contributed by atoms with E-state index in [4.69, 9.17) is 0 Å². The van der Waals surface area contributed by atoms with Crippen LogP contribution in [0.3, 0.4) is 0 Å². The average molecular weight is 155 g/mol. The van der Waals surface area contributed by atoms with Gasteiger partial charge in [0.25, 0.3) is 0 Å². The van der Waals surface area contributed by atoms with Gasteiger partial charge in [-0.05, 0) is 30.7 Å². The van der Waals surface area contributed by atoms with Crippen LogP contribution in [0.15, 0.2) is 0 Å². The summed E-state index contributed by atoms with van der Waals surface area (Å²) in [6.07, 6.45) is 2.45. The molecule has 1 heterocycles. The van der Waals surface area contributed by atoms with Crippen LogP contribution >= 0.6 is 0 Å². The van der Waals surface area contributed by atoms with Crippen LogP contribution < -0.4 is 5.32 Å². The first-order valence-corrected chi connectivity index (χ1v) is 4.48. The molecule has 2 aliphatic rings. The fraction of sp³-hybridized carbons (Fsp3) is 1.00. The second-order valence-electron chi connectivity index (χ2n) is 4.58. The summed E-state index contributed by atoms with van der Waals surface area (Å²) in [5, 5.41) is 12.8. The first-order valence-electron chi connectivity index (χ1n) is 4.48. The number of hydrogen-bond donors (Lipinski definition) is 2. The second kappa shape index (κ2) is 1.99. The summed E-state index contributed by atoms with van der Waals surface area (Å²) in [5.74, 6) is 0.787. The van der Waals surface area contributed by atoms with E-state index in [1.807, 2.05) is 0 Å². The molecule has 2 fully saturated rings. The summed E-state index contributed by atoms with van der Waals surface area (Å²) in [7, 11) is 0. The fourth-order valence-electron chi connectivity index (χ4n) is 2.83. The molecule has 1 aliphatic heterocycles. The Morgan fingerprint density at radius 1 is 1.55 bits per heavy atom. The van der Waals surface area contributed by atoms with E-state index < -0.39 is 0 Å².